The summed E-state index contributed by atoms with van der Waals surface area (Å²) in [5, 5.41) is 3.83. The third-order valence-corrected chi connectivity index (χ3v) is 2.25. The van der Waals surface area contributed by atoms with Gasteiger partial charge in [0.1, 0.15) is 0 Å². The number of nitrogens with one attached hydrogen (secondary N) is 2. The van der Waals surface area contributed by atoms with Gasteiger partial charge in [0.05, 0.1) is 17.1 Å². The van der Waals surface area contributed by atoms with Crippen molar-refractivity contribution in [1.82, 2.24) is 0 Å². The van der Waals surface area contributed by atoms with Crippen LogP contribution in [0.25, 0.3) is 0 Å². The molecule has 0 saturated carbocycles. The molecule has 0 atom stereocenters. The lowest BCUT2D eigenvalue weighted by Crippen LogP contribution is -2.00. The first-order chi connectivity index (χ1) is 7.25. The average Bonchev–Trinajstić information content (AvgIpc) is 2.24. The first-order valence-corrected chi connectivity index (χ1v) is 4.92. The molecule has 0 unspecified atom stereocenters. The maximum absolute atomic E-state index is 5.81. The van der Waals surface area contributed by atoms with Gasteiger partial charge in [-0.15, -0.1) is 0 Å². The van der Waals surface area contributed by atoms with Crippen LogP contribution in [-0.2, 0) is 0 Å². The number of nitrogen functional groups attached to an aromatic ring is 1. The number of rotatable bonds is 2. The van der Waals surface area contributed by atoms with Crippen molar-refractivity contribution in [3.63, 3.8) is 0 Å². The molecule has 1 aromatic carbocycles. The third kappa shape index (κ3) is 2.39. The zero-order valence-electron chi connectivity index (χ0n) is 8.00. The minimum atomic E-state index is 0.635. The Kier molecular flexibility index (Phi) is 2.74. The number of nitrogens with two attached hydrogens (primary N) is 1. The van der Waals surface area contributed by atoms with Gasteiger partial charge in [-0.25, -0.2) is 4.98 Å². The quantitative estimate of drug-likeness (QED) is 0.764. The van der Waals surface area contributed by atoms with Crippen LogP contribution in [0.3, 0.4) is 0 Å². The molecule has 15 heavy (non-hydrogen) atoms. The lowest BCUT2D eigenvalue weighted by molar-refractivity contribution is -0.377. The molecule has 76 valence electrons. The highest BCUT2D eigenvalue weighted by atomic mass is 35.5. The fraction of sp³-hybridized carbons (Fsp3) is 0. The predicted octanol–water partition coefficient (Wildman–Crippen LogP) is 2.48. The number of hydrogen-bond acceptors (Lipinski definition) is 2. The molecule has 0 radical (unpaired) electrons. The lowest BCUT2D eigenvalue weighted by Gasteiger charge is -2.08. The van der Waals surface area contributed by atoms with E-state index in [-0.39, 0.29) is 0 Å². The Labute approximate surface area is 92.9 Å². The van der Waals surface area contributed by atoms with Crippen LogP contribution in [0.5, 0.6) is 0 Å². The molecule has 0 fully saturated rings. The van der Waals surface area contributed by atoms with E-state index >= 15 is 0 Å². The van der Waals surface area contributed by atoms with E-state index in [1.807, 2.05) is 30.6 Å². The Bertz CT molecular complexity index is 457. The molecule has 0 spiro atoms. The Balaban J connectivity index is 2.25. The third-order valence-electron chi connectivity index (χ3n) is 2.01. The molecule has 0 bridgehead atoms. The SMILES string of the molecule is Nc1cc(Cl)ccc1Nc1cc[nH+]cc1. The average molecular weight is 221 g/mol. The summed E-state index contributed by atoms with van der Waals surface area (Å²) in [5.41, 5.74) is 8.28. The van der Waals surface area contributed by atoms with Gasteiger partial charge < -0.3 is 11.1 Å². The highest BCUT2D eigenvalue weighted by Crippen LogP contribution is 2.25. The van der Waals surface area contributed by atoms with Crippen LogP contribution >= 0.6 is 11.6 Å². The predicted molar refractivity (Wildman–Crippen MR) is 62.1 cm³/mol. The van der Waals surface area contributed by atoms with E-state index in [9.17, 15) is 0 Å². The molecule has 1 heterocycles. The summed E-state index contributed by atoms with van der Waals surface area (Å²) in [5.74, 6) is 0. The molecule has 1 aromatic heterocycles. The number of aromatic amines is 1. The van der Waals surface area contributed by atoms with Crippen LogP contribution in [0.1, 0.15) is 0 Å². The van der Waals surface area contributed by atoms with Crippen molar-refractivity contribution >= 4 is 28.7 Å². The molecular weight excluding hydrogens is 210 g/mol. The molecule has 2 rings (SSSR count). The van der Waals surface area contributed by atoms with Gasteiger partial charge in [0.2, 0.25) is 0 Å². The second-order valence-corrected chi connectivity index (χ2v) is 3.58. The summed E-state index contributed by atoms with van der Waals surface area (Å²) in [6.07, 6.45) is 3.68. The molecule has 0 aliphatic rings. The molecule has 4 N–H and O–H groups in total. The van der Waals surface area contributed by atoms with E-state index in [1.54, 1.807) is 12.1 Å². The number of aromatic nitrogens is 1. The van der Waals surface area contributed by atoms with E-state index in [2.05, 4.69) is 10.3 Å². The van der Waals surface area contributed by atoms with Crippen LogP contribution in [0, 0.1) is 0 Å². The smallest absolute Gasteiger partial charge is 0.169 e. The van der Waals surface area contributed by atoms with Crippen LogP contribution in [-0.4, -0.2) is 0 Å². The largest absolute Gasteiger partial charge is 0.397 e. The van der Waals surface area contributed by atoms with Crippen molar-refractivity contribution in [3.8, 4) is 0 Å². The van der Waals surface area contributed by atoms with E-state index in [0.717, 1.165) is 11.4 Å². The fourth-order valence-corrected chi connectivity index (χ4v) is 1.45. The molecule has 0 aliphatic heterocycles. The highest BCUT2D eigenvalue weighted by molar-refractivity contribution is 6.31. The normalized spacial score (nSPS) is 9.93. The Hall–Kier alpha value is -1.74. The Morgan fingerprint density at radius 1 is 1.13 bits per heavy atom. The molecule has 3 nitrogen and oxygen atoms in total. The van der Waals surface area contributed by atoms with Gasteiger partial charge in [0, 0.05) is 17.2 Å². The number of halogens is 1. The summed E-state index contributed by atoms with van der Waals surface area (Å²) in [7, 11) is 0. The second-order valence-electron chi connectivity index (χ2n) is 3.15. The van der Waals surface area contributed by atoms with Crippen LogP contribution in [0.2, 0.25) is 5.02 Å². The van der Waals surface area contributed by atoms with Crippen molar-refractivity contribution in [2.75, 3.05) is 11.1 Å². The number of pyridine rings is 1. The van der Waals surface area contributed by atoms with Crippen molar-refractivity contribution in [2.24, 2.45) is 0 Å². The standard InChI is InChI=1S/C11H10ClN3/c12-8-1-2-11(10(13)7-8)15-9-3-5-14-6-4-9/h1-7H,13H2,(H,14,15)/p+1. The Morgan fingerprint density at radius 3 is 2.53 bits per heavy atom. The van der Waals surface area contributed by atoms with Gasteiger partial charge in [-0.3, -0.25) is 0 Å². The summed E-state index contributed by atoms with van der Waals surface area (Å²) in [6.45, 7) is 0. The maximum Gasteiger partial charge on any atom is 0.169 e. The summed E-state index contributed by atoms with van der Waals surface area (Å²) < 4.78 is 0. The fourth-order valence-electron chi connectivity index (χ4n) is 1.27. The van der Waals surface area contributed by atoms with Gasteiger partial charge in [-0.1, -0.05) is 11.6 Å². The number of hydrogen-bond donors (Lipinski definition) is 2. The number of benzene rings is 1. The van der Waals surface area contributed by atoms with Gasteiger partial charge >= 0.3 is 0 Å². The molecule has 4 heteroatoms. The summed E-state index contributed by atoms with van der Waals surface area (Å²) >= 11 is 5.81. The zero-order valence-corrected chi connectivity index (χ0v) is 8.75. The minimum absolute atomic E-state index is 0.635. The molecule has 2 aromatic rings. The first kappa shape index (κ1) is 9.80. The van der Waals surface area contributed by atoms with E-state index in [0.29, 0.717) is 10.7 Å². The molecule has 0 amide bonds. The molecule has 0 saturated heterocycles. The second kappa shape index (κ2) is 4.19. The van der Waals surface area contributed by atoms with Gasteiger partial charge in [0.25, 0.3) is 0 Å². The van der Waals surface area contributed by atoms with Gasteiger partial charge in [-0.05, 0) is 18.2 Å². The Morgan fingerprint density at radius 2 is 1.87 bits per heavy atom. The number of anilines is 3. The highest BCUT2D eigenvalue weighted by Gasteiger charge is 2.00. The van der Waals surface area contributed by atoms with Crippen LogP contribution < -0.4 is 16.0 Å². The van der Waals surface area contributed by atoms with Crippen LogP contribution in [0.15, 0.2) is 42.7 Å². The molecule has 0 aliphatic carbocycles. The maximum atomic E-state index is 5.81. The van der Waals surface area contributed by atoms with Crippen molar-refractivity contribution in [3.05, 3.63) is 47.7 Å². The van der Waals surface area contributed by atoms with Crippen LogP contribution in [0.4, 0.5) is 17.1 Å². The molecular formula is C11H11ClN3+. The van der Waals surface area contributed by atoms with Gasteiger partial charge in [-0.2, -0.15) is 0 Å². The lowest BCUT2D eigenvalue weighted by atomic mass is 10.2. The zero-order chi connectivity index (χ0) is 10.7. The van der Waals surface area contributed by atoms with E-state index in [1.165, 1.54) is 0 Å². The minimum Gasteiger partial charge on any atom is -0.397 e. The monoisotopic (exact) mass is 220 g/mol. The number of H-pyrrole nitrogens is 1. The summed E-state index contributed by atoms with van der Waals surface area (Å²) in [6, 6.07) is 9.23. The van der Waals surface area contributed by atoms with E-state index in [4.69, 9.17) is 17.3 Å². The first-order valence-electron chi connectivity index (χ1n) is 4.54. The topological polar surface area (TPSA) is 52.2 Å². The van der Waals surface area contributed by atoms with Crippen molar-refractivity contribution < 1.29 is 4.98 Å². The summed E-state index contributed by atoms with van der Waals surface area (Å²) in [4.78, 5) is 2.95. The van der Waals surface area contributed by atoms with Crippen molar-refractivity contribution in [2.45, 2.75) is 0 Å². The van der Waals surface area contributed by atoms with E-state index < -0.39 is 0 Å². The van der Waals surface area contributed by atoms with Crippen molar-refractivity contribution in [1.29, 1.82) is 0 Å². The van der Waals surface area contributed by atoms with Gasteiger partial charge in [0.15, 0.2) is 12.4 Å².